The minimum Gasteiger partial charge on any atom is -0.464 e. The molecule has 1 amide bonds. The van der Waals surface area contributed by atoms with E-state index in [1.165, 1.54) is 24.9 Å². The Kier molecular flexibility index (Phi) is 11.2. The maximum absolute atomic E-state index is 15.8. The molecule has 0 saturated carbocycles. The molecule has 5 aromatic rings. The van der Waals surface area contributed by atoms with E-state index in [1.54, 1.807) is 46.7 Å². The lowest BCUT2D eigenvalue weighted by Gasteiger charge is -2.44. The van der Waals surface area contributed by atoms with Crippen molar-refractivity contribution in [2.24, 2.45) is 5.73 Å². The minimum absolute atomic E-state index is 0.0198. The zero-order chi connectivity index (χ0) is 38.6. The number of amides is 1. The van der Waals surface area contributed by atoms with Crippen molar-refractivity contribution in [2.75, 3.05) is 30.3 Å². The molecule has 54 heavy (non-hydrogen) atoms. The molecule has 6 rings (SSSR count). The average molecular weight is 752 g/mol. The second-order valence-electron chi connectivity index (χ2n) is 12.8. The van der Waals surface area contributed by atoms with Gasteiger partial charge in [-0.2, -0.15) is 0 Å². The molecule has 3 atom stereocenters. The molecule has 0 bridgehead atoms. The van der Waals surface area contributed by atoms with Crippen LogP contribution in [-0.4, -0.2) is 85.5 Å². The molecule has 0 radical (unpaired) electrons. The number of piperidine rings is 1. The first-order chi connectivity index (χ1) is 25.9. The Morgan fingerprint density at radius 1 is 1.07 bits per heavy atom. The van der Waals surface area contributed by atoms with Gasteiger partial charge < -0.3 is 40.8 Å². The van der Waals surface area contributed by atoms with Crippen LogP contribution in [0.4, 0.5) is 33.9 Å². The van der Waals surface area contributed by atoms with Gasteiger partial charge >= 0.3 is 12.1 Å². The summed E-state index contributed by atoms with van der Waals surface area (Å²) in [6, 6.07) is 10.6. The van der Waals surface area contributed by atoms with E-state index >= 15 is 8.78 Å². The number of fused-ring (bicyclic) bond motifs is 1. The number of nitrogen functional groups attached to an aromatic ring is 1. The van der Waals surface area contributed by atoms with Crippen LogP contribution in [0.1, 0.15) is 30.9 Å². The van der Waals surface area contributed by atoms with Gasteiger partial charge in [0.25, 0.3) is 6.43 Å². The maximum atomic E-state index is 15.8. The van der Waals surface area contributed by atoms with Gasteiger partial charge in [-0.05, 0) is 43.0 Å². The second kappa shape index (κ2) is 16.0. The van der Waals surface area contributed by atoms with Gasteiger partial charge in [-0.3, -0.25) is 4.98 Å². The molecular weight excluding hydrogens is 714 g/mol. The smallest absolute Gasteiger partial charge is 0.413 e. The molecule has 284 valence electrons. The van der Waals surface area contributed by atoms with Crippen LogP contribution >= 0.6 is 0 Å². The predicted octanol–water partition coefficient (Wildman–Crippen LogP) is 3.98. The van der Waals surface area contributed by atoms with Crippen LogP contribution in [0.25, 0.3) is 22.4 Å². The fourth-order valence-electron chi connectivity index (χ4n) is 6.42. The highest BCUT2D eigenvalue weighted by Gasteiger charge is 2.43. The van der Waals surface area contributed by atoms with Crippen LogP contribution < -0.4 is 26.4 Å². The van der Waals surface area contributed by atoms with E-state index < -0.39 is 53.6 Å². The number of carbonyl (C=O) groups is 2. The number of hydrogen-bond acceptors (Lipinski definition) is 12. The fourth-order valence-corrected chi connectivity index (χ4v) is 6.42. The van der Waals surface area contributed by atoms with Crippen molar-refractivity contribution in [3.05, 3.63) is 90.1 Å². The van der Waals surface area contributed by atoms with Gasteiger partial charge in [0.1, 0.15) is 29.8 Å². The normalized spacial score (nSPS) is 17.0. The van der Waals surface area contributed by atoms with Crippen molar-refractivity contribution < 1.29 is 41.7 Å². The lowest BCUT2D eigenvalue weighted by atomic mass is 9.84. The summed E-state index contributed by atoms with van der Waals surface area (Å²) in [5.74, 6) is -3.45. The van der Waals surface area contributed by atoms with E-state index in [4.69, 9.17) is 20.9 Å². The van der Waals surface area contributed by atoms with Crippen molar-refractivity contribution in [3.8, 4) is 17.0 Å². The second-order valence-corrected chi connectivity index (χ2v) is 12.8. The summed E-state index contributed by atoms with van der Waals surface area (Å²) in [4.78, 5) is 44.0. The van der Waals surface area contributed by atoms with Gasteiger partial charge in [-0.25, -0.2) is 42.1 Å². The number of ether oxygens (including phenoxy) is 2. The van der Waals surface area contributed by atoms with Crippen LogP contribution in [0.15, 0.2) is 67.4 Å². The quantitative estimate of drug-likeness (QED) is 0.106. The number of aliphatic hydroxyl groups is 1. The first kappa shape index (κ1) is 37.9. The average Bonchev–Trinajstić information content (AvgIpc) is 3.56. The fraction of sp³-hybridized carbons (Fsp3) is 0.333. The van der Waals surface area contributed by atoms with Crippen LogP contribution in [-0.2, 0) is 22.5 Å². The molecule has 6 N–H and O–H groups in total. The Balaban J connectivity index is 1.30. The SMILES string of the molecule is CCOC(=O)[C@@H](Cc1ccccc1)NC(=O)Oc1cc(F)c(-c2cc(Cn3cnc4c(N)ncnc43)c(N3CCC[C@](N)([C@H](O)C(F)F)C3)cn2)cc1F. The highest BCUT2D eigenvalue weighted by Crippen LogP contribution is 2.35. The van der Waals surface area contributed by atoms with Crippen LogP contribution in [0.2, 0.25) is 0 Å². The number of pyridine rings is 1. The van der Waals surface area contributed by atoms with Crippen molar-refractivity contribution in [3.63, 3.8) is 0 Å². The Bertz CT molecular complexity index is 2140. The topological polar surface area (TPSA) is 197 Å². The molecule has 1 aliphatic rings. The molecule has 1 aliphatic heterocycles. The number of nitrogens with zero attached hydrogens (tertiary/aromatic N) is 6. The van der Waals surface area contributed by atoms with Crippen LogP contribution in [0, 0.1) is 11.6 Å². The van der Waals surface area contributed by atoms with E-state index in [0.29, 0.717) is 47.0 Å². The van der Waals surface area contributed by atoms with E-state index in [0.717, 1.165) is 6.07 Å². The standard InChI is InChI=1S/C36H37F4N9O5/c1-2-53-34(51)26(11-20-7-4-3-5-8-20)47-35(52)54-28-14-23(37)22(13-24(28)38)25-12-21(16-49-19-46-29-32(41)44-18-45-33(29)49)27(15-43-25)48-10-6-9-36(42,17-48)30(50)31(39)40/h3-5,7-8,12-15,18-19,26,30-31,50H,2,6,9-11,16-17,42H2,1H3,(H,47,52)(H2,41,44,45)/t26-,30-,36-/m1/s1. The minimum atomic E-state index is -3.07. The summed E-state index contributed by atoms with van der Waals surface area (Å²) in [6.45, 7) is 1.92. The first-order valence-corrected chi connectivity index (χ1v) is 17.0. The number of imidazole rings is 1. The van der Waals surface area contributed by atoms with E-state index in [-0.39, 0.29) is 49.6 Å². The summed E-state index contributed by atoms with van der Waals surface area (Å²) in [5.41, 5.74) is 12.6. The molecule has 0 spiro atoms. The largest absolute Gasteiger partial charge is 0.464 e. The Hall–Kier alpha value is -5.88. The number of carbonyl (C=O) groups excluding carboxylic acids is 2. The molecule has 0 aliphatic carbocycles. The summed E-state index contributed by atoms with van der Waals surface area (Å²) >= 11 is 0. The predicted molar refractivity (Wildman–Crippen MR) is 189 cm³/mol. The number of aromatic nitrogens is 5. The molecule has 1 saturated heterocycles. The zero-order valence-electron chi connectivity index (χ0n) is 29.0. The van der Waals surface area contributed by atoms with Gasteiger partial charge in [-0.1, -0.05) is 30.3 Å². The maximum Gasteiger partial charge on any atom is 0.413 e. The van der Waals surface area contributed by atoms with Crippen LogP contribution in [0.3, 0.4) is 0 Å². The summed E-state index contributed by atoms with van der Waals surface area (Å²) in [6.07, 6.45) is -1.69. The van der Waals surface area contributed by atoms with Crippen LogP contribution in [0.5, 0.6) is 5.75 Å². The number of nitrogens with two attached hydrogens (primary N) is 2. The third kappa shape index (κ3) is 8.18. The number of alkyl halides is 2. The van der Waals surface area contributed by atoms with Crippen molar-refractivity contribution in [2.45, 2.75) is 56.8 Å². The Labute approximate surface area is 306 Å². The molecular formula is C36H37F4N9O5. The lowest BCUT2D eigenvalue weighted by molar-refractivity contribution is -0.145. The molecule has 1 fully saturated rings. The number of anilines is 2. The van der Waals surface area contributed by atoms with E-state index in [9.17, 15) is 23.5 Å². The van der Waals surface area contributed by atoms with Crippen molar-refractivity contribution in [1.29, 1.82) is 0 Å². The number of esters is 1. The number of rotatable bonds is 12. The number of halogens is 4. The first-order valence-electron chi connectivity index (χ1n) is 17.0. The zero-order valence-corrected chi connectivity index (χ0v) is 29.0. The Morgan fingerprint density at radius 3 is 2.59 bits per heavy atom. The molecule has 2 aromatic carbocycles. The summed E-state index contributed by atoms with van der Waals surface area (Å²) in [5, 5.41) is 12.6. The van der Waals surface area contributed by atoms with Crippen molar-refractivity contribution in [1.82, 2.24) is 29.8 Å². The van der Waals surface area contributed by atoms with Crippen molar-refractivity contribution >= 4 is 34.7 Å². The van der Waals surface area contributed by atoms with E-state index in [1.807, 2.05) is 0 Å². The third-order valence-corrected chi connectivity index (χ3v) is 9.11. The van der Waals surface area contributed by atoms with Gasteiger partial charge in [0, 0.05) is 31.1 Å². The number of aliphatic hydroxyl groups excluding tert-OH is 1. The Morgan fingerprint density at radius 2 is 1.85 bits per heavy atom. The molecule has 18 heteroatoms. The van der Waals surface area contributed by atoms with Gasteiger partial charge in [0.15, 0.2) is 23.0 Å². The van der Waals surface area contributed by atoms with Gasteiger partial charge in [0.05, 0.1) is 42.6 Å². The molecule has 4 heterocycles. The van der Waals surface area contributed by atoms with E-state index in [2.05, 4.69) is 25.3 Å². The highest BCUT2D eigenvalue weighted by atomic mass is 19.3. The summed E-state index contributed by atoms with van der Waals surface area (Å²) < 4.78 is 70.3. The molecule has 14 nitrogen and oxygen atoms in total. The lowest BCUT2D eigenvalue weighted by Crippen LogP contribution is -2.63. The van der Waals surface area contributed by atoms with Gasteiger partial charge in [-0.15, -0.1) is 0 Å². The number of hydrogen-bond donors (Lipinski definition) is 4. The van der Waals surface area contributed by atoms with Gasteiger partial charge in [0.2, 0.25) is 0 Å². The monoisotopic (exact) mass is 751 g/mol. The third-order valence-electron chi connectivity index (χ3n) is 9.11. The summed E-state index contributed by atoms with van der Waals surface area (Å²) in [7, 11) is 0. The molecule has 3 aromatic heterocycles. The number of benzene rings is 2. The highest BCUT2D eigenvalue weighted by molar-refractivity contribution is 5.83. The number of nitrogens with one attached hydrogen (secondary N) is 1. The molecule has 0 unspecified atom stereocenters.